The number of methoxy groups -OCH3 is 1. The molecule has 0 amide bonds. The monoisotopic (exact) mass is 267 g/mol. The predicted molar refractivity (Wildman–Crippen MR) is 69.6 cm³/mol. The zero-order valence-electron chi connectivity index (χ0n) is 10.0. The summed E-state index contributed by atoms with van der Waals surface area (Å²) in [5, 5.41) is 10.9. The number of para-hydroxylation sites is 2. The van der Waals surface area contributed by atoms with E-state index in [9.17, 15) is 0 Å². The summed E-state index contributed by atoms with van der Waals surface area (Å²) in [6.07, 6.45) is 1.50. The topological polar surface area (TPSA) is 60.2 Å². The highest BCUT2D eigenvalue weighted by Gasteiger charge is 2.08. The second kappa shape index (κ2) is 6.26. The van der Waals surface area contributed by atoms with E-state index in [1.165, 1.54) is 0 Å². The van der Waals surface area contributed by atoms with Crippen molar-refractivity contribution in [1.82, 2.24) is 10.2 Å². The molecule has 0 aliphatic heterocycles. The van der Waals surface area contributed by atoms with Gasteiger partial charge in [0.15, 0.2) is 0 Å². The fourth-order valence-corrected chi connectivity index (χ4v) is 1.62. The van der Waals surface area contributed by atoms with Crippen molar-refractivity contribution >= 4 is 23.3 Å². The molecule has 0 aliphatic carbocycles. The lowest BCUT2D eigenvalue weighted by atomic mass is 10.3. The molecule has 18 heavy (non-hydrogen) atoms. The highest BCUT2D eigenvalue weighted by atomic mass is 35.5. The maximum absolute atomic E-state index is 5.61. The number of ether oxygens (including phenoxy) is 1. The van der Waals surface area contributed by atoms with E-state index in [-0.39, 0.29) is 0 Å². The highest BCUT2D eigenvalue weighted by Crippen LogP contribution is 2.26. The fourth-order valence-electron chi connectivity index (χ4n) is 1.49. The molecule has 0 bridgehead atoms. The van der Waals surface area contributed by atoms with Crippen LogP contribution in [0.4, 0.5) is 11.7 Å². The van der Waals surface area contributed by atoms with E-state index in [0.29, 0.717) is 24.2 Å². The summed E-state index contributed by atoms with van der Waals surface area (Å²) in [5.74, 6) is 1.88. The van der Waals surface area contributed by atoms with Gasteiger partial charge in [0, 0.05) is 12.3 Å². The van der Waals surface area contributed by atoms with Crippen LogP contribution in [0.5, 0.6) is 5.75 Å². The molecule has 6 heteroatoms. The molecule has 2 rings (SSSR count). The van der Waals surface area contributed by atoms with E-state index in [4.69, 9.17) is 20.8 Å². The predicted octanol–water partition coefficient (Wildman–Crippen LogP) is 2.99. The molecule has 0 radical (unpaired) electrons. The van der Waals surface area contributed by atoms with Crippen molar-refractivity contribution in [3.8, 4) is 5.75 Å². The molecular weight excluding hydrogens is 254 g/mol. The van der Waals surface area contributed by atoms with Gasteiger partial charge in [-0.05, 0) is 18.6 Å². The fraction of sp³-hybridized carbons (Fsp3) is 0.333. The number of aromatic nitrogens is 2. The van der Waals surface area contributed by atoms with Crippen LogP contribution in [0.2, 0.25) is 0 Å². The molecule has 0 saturated carbocycles. The SMILES string of the molecule is COc1ccccc1Nc1nnc(CCCCl)o1. The molecule has 2 aromatic rings. The number of halogens is 1. The molecule has 0 atom stereocenters. The molecule has 1 N–H and O–H groups in total. The molecule has 1 heterocycles. The molecule has 0 saturated heterocycles. The maximum Gasteiger partial charge on any atom is 0.320 e. The Hall–Kier alpha value is -1.75. The van der Waals surface area contributed by atoms with Crippen LogP contribution in [0.25, 0.3) is 0 Å². The number of aryl methyl sites for hydroxylation is 1. The zero-order chi connectivity index (χ0) is 12.8. The average Bonchev–Trinajstić information content (AvgIpc) is 2.84. The summed E-state index contributed by atoms with van der Waals surface area (Å²) < 4.78 is 10.7. The quantitative estimate of drug-likeness (QED) is 0.816. The smallest absolute Gasteiger partial charge is 0.320 e. The van der Waals surface area contributed by atoms with E-state index >= 15 is 0 Å². The van der Waals surface area contributed by atoms with Gasteiger partial charge in [-0.1, -0.05) is 17.2 Å². The summed E-state index contributed by atoms with van der Waals surface area (Å²) >= 11 is 5.61. The van der Waals surface area contributed by atoms with Crippen LogP contribution in [-0.4, -0.2) is 23.2 Å². The number of hydrogen-bond donors (Lipinski definition) is 1. The van der Waals surface area contributed by atoms with Gasteiger partial charge in [0.25, 0.3) is 0 Å². The van der Waals surface area contributed by atoms with Gasteiger partial charge in [0.1, 0.15) is 5.75 Å². The first kappa shape index (κ1) is 12.7. The summed E-state index contributed by atoms with van der Waals surface area (Å²) in [6.45, 7) is 0. The first-order valence-corrected chi connectivity index (χ1v) is 6.15. The second-order valence-electron chi connectivity index (χ2n) is 3.62. The van der Waals surface area contributed by atoms with Crippen molar-refractivity contribution in [2.24, 2.45) is 0 Å². The van der Waals surface area contributed by atoms with Gasteiger partial charge in [-0.15, -0.1) is 16.7 Å². The third-order valence-electron chi connectivity index (χ3n) is 2.34. The molecule has 0 unspecified atom stereocenters. The highest BCUT2D eigenvalue weighted by molar-refractivity contribution is 6.17. The van der Waals surface area contributed by atoms with Crippen LogP contribution in [0.15, 0.2) is 28.7 Å². The number of hydrogen-bond acceptors (Lipinski definition) is 5. The van der Waals surface area contributed by atoms with E-state index in [1.54, 1.807) is 7.11 Å². The summed E-state index contributed by atoms with van der Waals surface area (Å²) in [4.78, 5) is 0. The van der Waals surface area contributed by atoms with Crippen LogP contribution in [0.3, 0.4) is 0 Å². The summed E-state index contributed by atoms with van der Waals surface area (Å²) in [7, 11) is 1.61. The van der Waals surface area contributed by atoms with E-state index in [2.05, 4.69) is 15.5 Å². The zero-order valence-corrected chi connectivity index (χ0v) is 10.8. The number of benzene rings is 1. The number of nitrogens with zero attached hydrogens (tertiary/aromatic N) is 2. The van der Waals surface area contributed by atoms with Crippen LogP contribution in [0, 0.1) is 0 Å². The third-order valence-corrected chi connectivity index (χ3v) is 2.61. The summed E-state index contributed by atoms with van der Waals surface area (Å²) in [6, 6.07) is 7.87. The van der Waals surface area contributed by atoms with Gasteiger partial charge in [-0.25, -0.2) is 0 Å². The van der Waals surface area contributed by atoms with Gasteiger partial charge in [-0.2, -0.15) is 0 Å². The number of anilines is 2. The number of rotatable bonds is 6. The minimum absolute atomic E-state index is 0.351. The van der Waals surface area contributed by atoms with Gasteiger partial charge in [0.2, 0.25) is 5.89 Å². The van der Waals surface area contributed by atoms with Crippen molar-refractivity contribution in [1.29, 1.82) is 0 Å². The first-order chi connectivity index (χ1) is 8.83. The first-order valence-electron chi connectivity index (χ1n) is 5.62. The Labute approximate surface area is 110 Å². The van der Waals surface area contributed by atoms with Crippen molar-refractivity contribution < 1.29 is 9.15 Å². The average molecular weight is 268 g/mol. The molecule has 1 aromatic heterocycles. The van der Waals surface area contributed by atoms with Crippen molar-refractivity contribution in [2.45, 2.75) is 12.8 Å². The third kappa shape index (κ3) is 3.13. The van der Waals surface area contributed by atoms with E-state index in [0.717, 1.165) is 17.9 Å². The second-order valence-corrected chi connectivity index (χ2v) is 4.00. The standard InChI is InChI=1S/C12H14ClN3O2/c1-17-10-6-3-2-5-9(10)14-12-16-15-11(18-12)7-4-8-13/h2-3,5-6H,4,7-8H2,1H3,(H,14,16). The number of alkyl halides is 1. The molecule has 0 aliphatic rings. The molecule has 0 fully saturated rings. The Morgan fingerprint density at radius 2 is 2.17 bits per heavy atom. The molecule has 1 aromatic carbocycles. The van der Waals surface area contributed by atoms with Gasteiger partial charge in [-0.3, -0.25) is 0 Å². The molecular formula is C12H14ClN3O2. The van der Waals surface area contributed by atoms with Crippen LogP contribution in [-0.2, 0) is 6.42 Å². The summed E-state index contributed by atoms with van der Waals surface area (Å²) in [5.41, 5.74) is 0.785. The van der Waals surface area contributed by atoms with Gasteiger partial charge >= 0.3 is 6.01 Å². The van der Waals surface area contributed by atoms with Gasteiger partial charge < -0.3 is 14.5 Å². The van der Waals surface area contributed by atoms with Crippen LogP contribution < -0.4 is 10.1 Å². The number of nitrogens with one attached hydrogen (secondary N) is 1. The Balaban J connectivity index is 2.06. The minimum atomic E-state index is 0.351. The van der Waals surface area contributed by atoms with Gasteiger partial charge in [0.05, 0.1) is 12.8 Å². The van der Waals surface area contributed by atoms with Crippen molar-refractivity contribution in [2.75, 3.05) is 18.3 Å². The van der Waals surface area contributed by atoms with E-state index in [1.807, 2.05) is 24.3 Å². The minimum Gasteiger partial charge on any atom is -0.495 e. The van der Waals surface area contributed by atoms with Crippen molar-refractivity contribution in [3.63, 3.8) is 0 Å². The Kier molecular flexibility index (Phi) is 4.41. The largest absolute Gasteiger partial charge is 0.495 e. The van der Waals surface area contributed by atoms with E-state index < -0.39 is 0 Å². The molecule has 0 spiro atoms. The lowest BCUT2D eigenvalue weighted by molar-refractivity contribution is 0.416. The molecule has 5 nitrogen and oxygen atoms in total. The molecule has 96 valence electrons. The van der Waals surface area contributed by atoms with Crippen LogP contribution >= 0.6 is 11.6 Å². The Morgan fingerprint density at radius 1 is 1.33 bits per heavy atom. The Bertz CT molecular complexity index is 502. The lowest BCUT2D eigenvalue weighted by Crippen LogP contribution is -1.94. The maximum atomic E-state index is 5.61. The lowest BCUT2D eigenvalue weighted by Gasteiger charge is -2.06. The van der Waals surface area contributed by atoms with Crippen molar-refractivity contribution in [3.05, 3.63) is 30.2 Å². The normalized spacial score (nSPS) is 10.3. The Morgan fingerprint density at radius 3 is 2.94 bits per heavy atom. The van der Waals surface area contributed by atoms with Crippen LogP contribution in [0.1, 0.15) is 12.3 Å².